The minimum Gasteiger partial charge on any atom is -0.342 e. The molecule has 0 aliphatic carbocycles. The van der Waals surface area contributed by atoms with Crippen molar-refractivity contribution in [3.05, 3.63) is 125 Å². The Hall–Kier alpha value is -4.00. The molecule has 0 unspecified atom stereocenters. The fourth-order valence-corrected chi connectivity index (χ4v) is 6.29. The van der Waals surface area contributed by atoms with Gasteiger partial charge in [-0.25, -0.2) is 4.98 Å². The van der Waals surface area contributed by atoms with Crippen LogP contribution in [-0.2, 0) is 19.5 Å². The summed E-state index contributed by atoms with van der Waals surface area (Å²) in [6, 6.07) is 33.5. The minimum absolute atomic E-state index is 0.120. The second-order valence-corrected chi connectivity index (χ2v) is 11.2. The molecule has 1 saturated heterocycles. The van der Waals surface area contributed by atoms with E-state index >= 15 is 0 Å². The van der Waals surface area contributed by atoms with Gasteiger partial charge >= 0.3 is 0 Å². The molecule has 6 heteroatoms. The first-order valence-electron chi connectivity index (χ1n) is 14.0. The first-order chi connectivity index (χ1) is 19.7. The lowest BCUT2D eigenvalue weighted by molar-refractivity contribution is 0.0627. The van der Waals surface area contributed by atoms with Gasteiger partial charge < -0.3 is 9.47 Å². The highest BCUT2D eigenvalue weighted by Gasteiger charge is 2.27. The number of thiazole rings is 1. The Labute approximate surface area is 240 Å². The van der Waals surface area contributed by atoms with E-state index in [1.54, 1.807) is 11.3 Å². The summed E-state index contributed by atoms with van der Waals surface area (Å²) in [5, 5.41) is 3.11. The molecule has 0 spiro atoms. The number of carbonyl (C=O) groups excluding carboxylic acids is 1. The zero-order chi connectivity index (χ0) is 27.3. The molecule has 0 radical (unpaired) electrons. The van der Waals surface area contributed by atoms with Crippen molar-refractivity contribution in [1.82, 2.24) is 19.4 Å². The number of carbonyl (C=O) groups is 1. The van der Waals surface area contributed by atoms with Crippen molar-refractivity contribution in [3.8, 4) is 22.0 Å². The molecule has 5 nitrogen and oxygen atoms in total. The third kappa shape index (κ3) is 5.79. The lowest BCUT2D eigenvalue weighted by atomic mass is 10.1. The van der Waals surface area contributed by atoms with Crippen molar-refractivity contribution in [3.63, 3.8) is 0 Å². The SMILES string of the molecule is Cc1c(C(=O)N2CCN(Cc3ccccc3)CC2)cc(-c2csc(-c3ccccc3)n2)n1CCc1ccccc1. The number of piperazine rings is 1. The fourth-order valence-electron chi connectivity index (χ4n) is 5.47. The van der Waals surface area contributed by atoms with E-state index in [2.05, 4.69) is 94.6 Å². The molecule has 1 aliphatic heterocycles. The normalized spacial score (nSPS) is 14.0. The van der Waals surface area contributed by atoms with E-state index in [0.29, 0.717) is 0 Å². The molecule has 0 saturated carbocycles. The Morgan fingerprint density at radius 1 is 0.825 bits per heavy atom. The maximum Gasteiger partial charge on any atom is 0.255 e. The summed E-state index contributed by atoms with van der Waals surface area (Å²) in [5.41, 5.74) is 7.45. The van der Waals surface area contributed by atoms with Crippen LogP contribution in [0.25, 0.3) is 22.0 Å². The van der Waals surface area contributed by atoms with Gasteiger partial charge in [0.2, 0.25) is 0 Å². The van der Waals surface area contributed by atoms with Crippen LogP contribution in [0.5, 0.6) is 0 Å². The first kappa shape index (κ1) is 26.2. The number of aromatic nitrogens is 2. The van der Waals surface area contributed by atoms with Crippen molar-refractivity contribution < 1.29 is 4.79 Å². The van der Waals surface area contributed by atoms with Crippen LogP contribution in [0.2, 0.25) is 0 Å². The number of amides is 1. The average Bonchev–Trinajstić information content (AvgIpc) is 3.62. The highest BCUT2D eigenvalue weighted by molar-refractivity contribution is 7.13. The molecule has 1 aliphatic rings. The third-order valence-electron chi connectivity index (χ3n) is 7.76. The molecule has 3 aromatic carbocycles. The van der Waals surface area contributed by atoms with Crippen LogP contribution in [-0.4, -0.2) is 51.4 Å². The van der Waals surface area contributed by atoms with Gasteiger partial charge in [0.15, 0.2) is 0 Å². The van der Waals surface area contributed by atoms with E-state index in [4.69, 9.17) is 4.98 Å². The molecule has 202 valence electrons. The van der Waals surface area contributed by atoms with Crippen LogP contribution in [0.3, 0.4) is 0 Å². The first-order valence-corrected chi connectivity index (χ1v) is 14.8. The molecule has 5 aromatic rings. The summed E-state index contributed by atoms with van der Waals surface area (Å²) in [5.74, 6) is 0.120. The van der Waals surface area contributed by atoms with E-state index in [1.807, 2.05) is 29.2 Å². The Bertz CT molecular complexity index is 1550. The van der Waals surface area contributed by atoms with Gasteiger partial charge in [-0.3, -0.25) is 9.69 Å². The largest absolute Gasteiger partial charge is 0.342 e. The molecule has 0 bridgehead atoms. The van der Waals surface area contributed by atoms with Crippen LogP contribution in [0.15, 0.2) is 102 Å². The van der Waals surface area contributed by atoms with E-state index in [1.165, 1.54) is 11.1 Å². The summed E-state index contributed by atoms with van der Waals surface area (Å²) in [6.45, 7) is 7.05. The predicted octanol–water partition coefficient (Wildman–Crippen LogP) is 6.79. The number of rotatable bonds is 8. The van der Waals surface area contributed by atoms with Crippen molar-refractivity contribution in [2.45, 2.75) is 26.4 Å². The molecule has 40 heavy (non-hydrogen) atoms. The summed E-state index contributed by atoms with van der Waals surface area (Å²) in [4.78, 5) is 23.3. The molecule has 2 aromatic heterocycles. The van der Waals surface area contributed by atoms with Gasteiger partial charge in [-0.05, 0) is 30.5 Å². The average molecular weight is 547 g/mol. The van der Waals surface area contributed by atoms with Crippen molar-refractivity contribution >= 4 is 17.2 Å². The van der Waals surface area contributed by atoms with Crippen LogP contribution in [0.1, 0.15) is 27.2 Å². The molecule has 1 amide bonds. The molecule has 3 heterocycles. The molecular formula is C34H34N4OS. The number of hydrogen-bond acceptors (Lipinski definition) is 4. The Kier molecular flexibility index (Phi) is 7.89. The fraction of sp³-hybridized carbons (Fsp3) is 0.235. The van der Waals surface area contributed by atoms with Crippen molar-refractivity contribution in [2.24, 2.45) is 0 Å². The molecular weight excluding hydrogens is 512 g/mol. The van der Waals surface area contributed by atoms with E-state index in [-0.39, 0.29) is 5.91 Å². The maximum absolute atomic E-state index is 13.9. The maximum atomic E-state index is 13.9. The minimum atomic E-state index is 0.120. The second-order valence-electron chi connectivity index (χ2n) is 10.4. The summed E-state index contributed by atoms with van der Waals surface area (Å²) in [6.07, 6.45) is 0.894. The van der Waals surface area contributed by atoms with E-state index in [0.717, 1.165) is 78.9 Å². The lowest BCUT2D eigenvalue weighted by Gasteiger charge is -2.34. The summed E-state index contributed by atoms with van der Waals surface area (Å²) < 4.78 is 2.29. The topological polar surface area (TPSA) is 41.4 Å². The second kappa shape index (κ2) is 12.0. The quantitative estimate of drug-likeness (QED) is 0.215. The zero-order valence-corrected chi connectivity index (χ0v) is 23.7. The smallest absolute Gasteiger partial charge is 0.255 e. The molecule has 1 fully saturated rings. The molecule has 0 atom stereocenters. The molecule has 0 N–H and O–H groups in total. The van der Waals surface area contributed by atoms with Crippen LogP contribution in [0, 0.1) is 6.92 Å². The van der Waals surface area contributed by atoms with Crippen molar-refractivity contribution in [2.75, 3.05) is 26.2 Å². The monoisotopic (exact) mass is 546 g/mol. The number of hydrogen-bond donors (Lipinski definition) is 0. The van der Waals surface area contributed by atoms with Crippen LogP contribution < -0.4 is 0 Å². The Morgan fingerprint density at radius 2 is 1.45 bits per heavy atom. The number of benzene rings is 3. The van der Waals surface area contributed by atoms with E-state index in [9.17, 15) is 4.79 Å². The van der Waals surface area contributed by atoms with Gasteiger partial charge in [-0.1, -0.05) is 91.0 Å². The Balaban J connectivity index is 1.24. The van der Waals surface area contributed by atoms with Gasteiger partial charge in [-0.15, -0.1) is 11.3 Å². The number of aryl methyl sites for hydroxylation is 1. The highest BCUT2D eigenvalue weighted by atomic mass is 32.1. The lowest BCUT2D eigenvalue weighted by Crippen LogP contribution is -2.48. The van der Waals surface area contributed by atoms with E-state index < -0.39 is 0 Å². The van der Waals surface area contributed by atoms with Gasteiger partial charge in [-0.2, -0.15) is 0 Å². The third-order valence-corrected chi connectivity index (χ3v) is 8.65. The van der Waals surface area contributed by atoms with Crippen molar-refractivity contribution in [1.29, 1.82) is 0 Å². The number of nitrogens with zero attached hydrogens (tertiary/aromatic N) is 4. The zero-order valence-electron chi connectivity index (χ0n) is 22.9. The van der Waals surface area contributed by atoms with Gasteiger partial charge in [0.05, 0.1) is 17.0 Å². The Morgan fingerprint density at radius 3 is 2.12 bits per heavy atom. The predicted molar refractivity (Wildman–Crippen MR) is 163 cm³/mol. The van der Waals surface area contributed by atoms with Crippen LogP contribution in [0.4, 0.5) is 0 Å². The molecule has 6 rings (SSSR count). The summed E-state index contributed by atoms with van der Waals surface area (Å²) >= 11 is 1.65. The summed E-state index contributed by atoms with van der Waals surface area (Å²) in [7, 11) is 0. The van der Waals surface area contributed by atoms with Crippen LogP contribution >= 0.6 is 11.3 Å². The van der Waals surface area contributed by atoms with Gasteiger partial charge in [0.25, 0.3) is 5.91 Å². The van der Waals surface area contributed by atoms with Gasteiger partial charge in [0, 0.05) is 55.9 Å². The highest BCUT2D eigenvalue weighted by Crippen LogP contribution is 2.32. The standard InChI is InChI=1S/C34H34N4OS/c1-26-30(34(39)37-21-19-36(20-22-37)24-28-13-7-3-8-14-28)23-32(38(26)18-17-27-11-5-2-6-12-27)31-25-40-33(35-31)29-15-9-4-10-16-29/h2-16,23,25H,17-22,24H2,1H3. The van der Waals surface area contributed by atoms with Gasteiger partial charge in [0.1, 0.15) is 5.01 Å².